The van der Waals surface area contributed by atoms with E-state index in [-0.39, 0.29) is 19.0 Å². The molecule has 138 valence electrons. The van der Waals surface area contributed by atoms with Crippen LogP contribution in [0.3, 0.4) is 0 Å². The van der Waals surface area contributed by atoms with Gasteiger partial charge in [0.15, 0.2) is 24.7 Å². The van der Waals surface area contributed by atoms with Crippen molar-refractivity contribution in [3.8, 4) is 11.5 Å². The minimum atomic E-state index is -0.609. The third-order valence-corrected chi connectivity index (χ3v) is 4.56. The molecule has 0 aliphatic carbocycles. The maximum absolute atomic E-state index is 12.1. The Kier molecular flexibility index (Phi) is 6.97. The van der Waals surface area contributed by atoms with Crippen LogP contribution in [0.25, 0.3) is 6.08 Å². The summed E-state index contributed by atoms with van der Waals surface area (Å²) in [6.07, 6.45) is 3.85. The first-order valence-electron chi connectivity index (χ1n) is 8.14. The fourth-order valence-corrected chi connectivity index (χ4v) is 3.35. The number of rotatable bonds is 8. The number of ether oxygens (including phenoxy) is 3. The van der Waals surface area contributed by atoms with Crippen molar-refractivity contribution in [3.63, 3.8) is 0 Å². The SMILES string of the molecule is C/C=C/c1ccc(OCC(=O)OCC(=O)c2cc(C)sc2C)c(OC)c1. The zero-order valence-corrected chi connectivity index (χ0v) is 16.1. The topological polar surface area (TPSA) is 61.8 Å². The number of methoxy groups -OCH3 is 1. The van der Waals surface area contributed by atoms with Gasteiger partial charge in [0.2, 0.25) is 5.78 Å². The third-order valence-electron chi connectivity index (χ3n) is 3.60. The van der Waals surface area contributed by atoms with Gasteiger partial charge in [-0.3, -0.25) is 4.79 Å². The van der Waals surface area contributed by atoms with Crippen LogP contribution >= 0.6 is 11.3 Å². The Morgan fingerprint density at radius 3 is 2.50 bits per heavy atom. The predicted octanol–water partition coefficient (Wildman–Crippen LogP) is 4.21. The fourth-order valence-electron chi connectivity index (χ4n) is 2.41. The molecule has 5 nitrogen and oxygen atoms in total. The van der Waals surface area contributed by atoms with Crippen molar-refractivity contribution in [2.24, 2.45) is 0 Å². The standard InChI is InChI=1S/C20H22O5S/c1-5-6-15-7-8-18(19(10-15)23-4)24-12-20(22)25-11-17(21)16-9-13(2)26-14(16)3/h5-10H,11-12H2,1-4H3/b6-5+. The van der Waals surface area contributed by atoms with Crippen LogP contribution in [0.15, 0.2) is 30.3 Å². The molecule has 1 aromatic carbocycles. The highest BCUT2D eigenvalue weighted by atomic mass is 32.1. The quantitative estimate of drug-likeness (QED) is 0.512. The largest absolute Gasteiger partial charge is 0.493 e. The second-order valence-corrected chi connectivity index (χ2v) is 7.07. The van der Waals surface area contributed by atoms with Crippen LogP contribution in [0.5, 0.6) is 11.5 Å². The van der Waals surface area contributed by atoms with E-state index in [0.29, 0.717) is 17.1 Å². The summed E-state index contributed by atoms with van der Waals surface area (Å²) < 4.78 is 15.7. The van der Waals surface area contributed by atoms with Crippen LogP contribution < -0.4 is 9.47 Å². The predicted molar refractivity (Wildman–Crippen MR) is 102 cm³/mol. The van der Waals surface area contributed by atoms with Crippen LogP contribution in [0.2, 0.25) is 0 Å². The number of allylic oxidation sites excluding steroid dienone is 1. The molecule has 0 amide bonds. The van der Waals surface area contributed by atoms with Crippen molar-refractivity contribution in [2.75, 3.05) is 20.3 Å². The Bertz CT molecular complexity index is 820. The molecule has 0 saturated heterocycles. The number of hydrogen-bond donors (Lipinski definition) is 0. The summed E-state index contributed by atoms with van der Waals surface area (Å²) in [7, 11) is 1.53. The van der Waals surface area contributed by atoms with Gasteiger partial charge in [-0.2, -0.15) is 0 Å². The molecule has 1 heterocycles. The molecule has 0 fully saturated rings. The second kappa shape index (κ2) is 9.20. The minimum Gasteiger partial charge on any atom is -0.493 e. The monoisotopic (exact) mass is 374 g/mol. The molecule has 0 aliphatic rings. The lowest BCUT2D eigenvalue weighted by Crippen LogP contribution is -2.19. The second-order valence-electron chi connectivity index (χ2n) is 5.61. The van der Waals surface area contributed by atoms with E-state index in [1.807, 2.05) is 51.1 Å². The fraction of sp³-hybridized carbons (Fsp3) is 0.300. The number of carbonyl (C=O) groups is 2. The number of benzene rings is 1. The molecule has 0 saturated carbocycles. The molecule has 2 rings (SSSR count). The number of Topliss-reactive ketones (excluding diaryl/α,β-unsaturated/α-hetero) is 1. The van der Waals surface area contributed by atoms with Crippen molar-refractivity contribution in [1.82, 2.24) is 0 Å². The van der Waals surface area contributed by atoms with E-state index in [1.54, 1.807) is 17.4 Å². The van der Waals surface area contributed by atoms with Gasteiger partial charge in [-0.25, -0.2) is 4.79 Å². The van der Waals surface area contributed by atoms with E-state index in [0.717, 1.165) is 15.3 Å². The molecule has 0 spiro atoms. The maximum atomic E-state index is 12.1. The lowest BCUT2D eigenvalue weighted by molar-refractivity contribution is -0.144. The van der Waals surface area contributed by atoms with Gasteiger partial charge < -0.3 is 14.2 Å². The average Bonchev–Trinajstić information content (AvgIpc) is 2.97. The summed E-state index contributed by atoms with van der Waals surface area (Å²) in [5.74, 6) is 0.137. The Balaban J connectivity index is 1.89. The van der Waals surface area contributed by atoms with Crippen LogP contribution in [0.1, 0.15) is 32.6 Å². The first kappa shape index (κ1) is 19.7. The summed E-state index contributed by atoms with van der Waals surface area (Å²) >= 11 is 1.54. The Morgan fingerprint density at radius 2 is 1.88 bits per heavy atom. The van der Waals surface area contributed by atoms with Gasteiger partial charge in [0.25, 0.3) is 0 Å². The van der Waals surface area contributed by atoms with Crippen molar-refractivity contribution in [2.45, 2.75) is 20.8 Å². The van der Waals surface area contributed by atoms with Crippen molar-refractivity contribution >= 4 is 29.2 Å². The average molecular weight is 374 g/mol. The Morgan fingerprint density at radius 1 is 1.12 bits per heavy atom. The zero-order valence-electron chi connectivity index (χ0n) is 15.3. The summed E-state index contributed by atoms with van der Waals surface area (Å²) in [5.41, 5.74) is 1.56. The van der Waals surface area contributed by atoms with Crippen LogP contribution in [-0.2, 0) is 9.53 Å². The molecular weight excluding hydrogens is 352 g/mol. The molecular formula is C20H22O5S. The number of thiophene rings is 1. The van der Waals surface area contributed by atoms with E-state index >= 15 is 0 Å². The molecule has 1 aromatic heterocycles. The van der Waals surface area contributed by atoms with Crippen molar-refractivity contribution in [3.05, 3.63) is 51.2 Å². The molecule has 0 bridgehead atoms. The van der Waals surface area contributed by atoms with Crippen LogP contribution in [0, 0.1) is 13.8 Å². The normalized spacial score (nSPS) is 10.8. The van der Waals surface area contributed by atoms with Crippen LogP contribution in [-0.4, -0.2) is 32.1 Å². The van der Waals surface area contributed by atoms with E-state index in [2.05, 4.69) is 0 Å². The van der Waals surface area contributed by atoms with Gasteiger partial charge in [-0.1, -0.05) is 18.2 Å². The van der Waals surface area contributed by atoms with E-state index in [9.17, 15) is 9.59 Å². The third kappa shape index (κ3) is 5.20. The number of esters is 1. The van der Waals surface area contributed by atoms with Gasteiger partial charge in [-0.15, -0.1) is 11.3 Å². The molecule has 26 heavy (non-hydrogen) atoms. The maximum Gasteiger partial charge on any atom is 0.344 e. The van der Waals surface area contributed by atoms with Crippen molar-refractivity contribution < 1.29 is 23.8 Å². The van der Waals surface area contributed by atoms with Gasteiger partial charge in [0.1, 0.15) is 0 Å². The Labute approximate surface area is 157 Å². The van der Waals surface area contributed by atoms with Gasteiger partial charge >= 0.3 is 5.97 Å². The molecule has 0 atom stereocenters. The molecule has 2 aromatic rings. The lowest BCUT2D eigenvalue weighted by atomic mass is 10.2. The highest BCUT2D eigenvalue weighted by Crippen LogP contribution is 2.28. The smallest absolute Gasteiger partial charge is 0.344 e. The molecule has 0 radical (unpaired) electrons. The minimum absolute atomic E-state index is 0.214. The number of aryl methyl sites for hydroxylation is 2. The van der Waals surface area contributed by atoms with E-state index < -0.39 is 5.97 Å². The van der Waals surface area contributed by atoms with E-state index in [1.165, 1.54) is 7.11 Å². The van der Waals surface area contributed by atoms with Crippen LogP contribution in [0.4, 0.5) is 0 Å². The molecule has 6 heteroatoms. The van der Waals surface area contributed by atoms with Gasteiger partial charge in [0, 0.05) is 15.3 Å². The zero-order chi connectivity index (χ0) is 19.1. The number of hydrogen-bond acceptors (Lipinski definition) is 6. The highest BCUT2D eigenvalue weighted by molar-refractivity contribution is 7.12. The molecule has 0 unspecified atom stereocenters. The van der Waals surface area contributed by atoms with Gasteiger partial charge in [0.05, 0.1) is 7.11 Å². The molecule has 0 N–H and O–H groups in total. The highest BCUT2D eigenvalue weighted by Gasteiger charge is 2.15. The number of ketones is 1. The lowest BCUT2D eigenvalue weighted by Gasteiger charge is -2.11. The van der Waals surface area contributed by atoms with Gasteiger partial charge in [-0.05, 0) is 44.5 Å². The van der Waals surface area contributed by atoms with Crippen molar-refractivity contribution in [1.29, 1.82) is 0 Å². The first-order chi connectivity index (χ1) is 12.4. The summed E-state index contributed by atoms with van der Waals surface area (Å²) in [5, 5.41) is 0. The van der Waals surface area contributed by atoms with E-state index in [4.69, 9.17) is 14.2 Å². The first-order valence-corrected chi connectivity index (χ1v) is 8.95. The summed E-state index contributed by atoms with van der Waals surface area (Å²) in [4.78, 5) is 26.0. The number of carbonyl (C=O) groups excluding carboxylic acids is 2. The summed E-state index contributed by atoms with van der Waals surface area (Å²) in [6.45, 7) is 5.14. The molecule has 0 aliphatic heterocycles. The summed E-state index contributed by atoms with van der Waals surface area (Å²) in [6, 6.07) is 7.20. The Hall–Kier alpha value is -2.60.